The average molecular weight is 377 g/mol. The fourth-order valence-corrected chi connectivity index (χ4v) is 3.12. The number of ether oxygens (including phenoxy) is 1. The molecule has 0 saturated heterocycles. The number of carbonyl (C=O) groups is 1. The molecule has 0 atom stereocenters. The van der Waals surface area contributed by atoms with Crippen molar-refractivity contribution in [3.05, 3.63) is 48.5 Å². The minimum absolute atomic E-state index is 0.0542. The van der Waals surface area contributed by atoms with Gasteiger partial charge >= 0.3 is 0 Å². The van der Waals surface area contributed by atoms with E-state index in [4.69, 9.17) is 4.74 Å². The van der Waals surface area contributed by atoms with E-state index in [1.807, 2.05) is 31.2 Å². The summed E-state index contributed by atoms with van der Waals surface area (Å²) >= 11 is 0. The number of anilines is 2. The molecule has 0 aromatic heterocycles. The molecule has 2 rings (SSSR count). The lowest BCUT2D eigenvalue weighted by molar-refractivity contribution is -0.114. The van der Waals surface area contributed by atoms with Gasteiger partial charge in [-0.15, -0.1) is 0 Å². The van der Waals surface area contributed by atoms with Crippen LogP contribution < -0.4 is 15.4 Å². The van der Waals surface area contributed by atoms with Crippen LogP contribution in [0.1, 0.15) is 6.92 Å². The van der Waals surface area contributed by atoms with Crippen LogP contribution in [0.25, 0.3) is 0 Å². The van der Waals surface area contributed by atoms with E-state index in [-0.39, 0.29) is 17.3 Å². The monoisotopic (exact) mass is 377 g/mol. The highest BCUT2D eigenvalue weighted by molar-refractivity contribution is 7.89. The maximum Gasteiger partial charge on any atom is 0.243 e. The normalized spacial score (nSPS) is 11.2. The first-order chi connectivity index (χ1) is 12.3. The molecule has 26 heavy (non-hydrogen) atoms. The van der Waals surface area contributed by atoms with Crippen molar-refractivity contribution in [3.63, 3.8) is 0 Å². The van der Waals surface area contributed by atoms with Crippen molar-refractivity contribution in [3.8, 4) is 5.75 Å². The van der Waals surface area contributed by atoms with Crippen molar-refractivity contribution in [1.29, 1.82) is 0 Å². The highest BCUT2D eigenvalue weighted by Gasteiger charge is 2.17. The van der Waals surface area contributed by atoms with E-state index in [1.165, 1.54) is 26.2 Å². The van der Waals surface area contributed by atoms with Gasteiger partial charge < -0.3 is 15.4 Å². The van der Waals surface area contributed by atoms with Gasteiger partial charge in [-0.2, -0.15) is 0 Å². The quantitative estimate of drug-likeness (QED) is 0.737. The highest BCUT2D eigenvalue weighted by Crippen LogP contribution is 2.18. The van der Waals surface area contributed by atoms with Crippen LogP contribution in [-0.4, -0.2) is 45.9 Å². The minimum atomic E-state index is -3.54. The fraction of sp³-hybridized carbons (Fsp3) is 0.278. The Bertz CT molecular complexity index is 849. The first kappa shape index (κ1) is 19.7. The maximum atomic E-state index is 12.1. The molecule has 8 heteroatoms. The van der Waals surface area contributed by atoms with Crippen LogP contribution in [0.15, 0.2) is 53.4 Å². The van der Waals surface area contributed by atoms with Crippen molar-refractivity contribution in [1.82, 2.24) is 4.31 Å². The second kappa shape index (κ2) is 8.68. The van der Waals surface area contributed by atoms with Gasteiger partial charge in [-0.25, -0.2) is 12.7 Å². The molecule has 0 heterocycles. The zero-order valence-corrected chi connectivity index (χ0v) is 15.8. The number of benzene rings is 2. The van der Waals surface area contributed by atoms with Crippen LogP contribution in [-0.2, 0) is 14.8 Å². The van der Waals surface area contributed by atoms with E-state index >= 15 is 0 Å². The molecule has 2 aromatic carbocycles. The SMILES string of the molecule is CCOc1ccc(NCC(=O)Nc2cccc(S(=O)(=O)N(C)C)c2)cc1. The van der Waals surface area contributed by atoms with Gasteiger partial charge in [-0.05, 0) is 49.4 Å². The summed E-state index contributed by atoms with van der Waals surface area (Å²) in [6, 6.07) is 13.4. The molecule has 0 spiro atoms. The lowest BCUT2D eigenvalue weighted by Gasteiger charge is -2.13. The Labute approximate surface area is 154 Å². The third-order valence-electron chi connectivity index (χ3n) is 3.51. The summed E-state index contributed by atoms with van der Waals surface area (Å²) in [5.74, 6) is 0.486. The van der Waals surface area contributed by atoms with Crippen molar-refractivity contribution in [2.45, 2.75) is 11.8 Å². The highest BCUT2D eigenvalue weighted by atomic mass is 32.2. The summed E-state index contributed by atoms with van der Waals surface area (Å²) in [5, 5.41) is 5.69. The molecular formula is C18H23N3O4S. The Morgan fingerprint density at radius 1 is 1.08 bits per heavy atom. The Kier molecular flexibility index (Phi) is 6.59. The van der Waals surface area contributed by atoms with Crippen molar-refractivity contribution in [2.75, 3.05) is 37.9 Å². The van der Waals surface area contributed by atoms with E-state index in [9.17, 15) is 13.2 Å². The Balaban J connectivity index is 1.95. The van der Waals surface area contributed by atoms with E-state index < -0.39 is 10.0 Å². The number of carbonyl (C=O) groups excluding carboxylic acids is 1. The third kappa shape index (κ3) is 5.21. The molecule has 0 radical (unpaired) electrons. The maximum absolute atomic E-state index is 12.1. The van der Waals surface area contributed by atoms with Crippen LogP contribution in [0.2, 0.25) is 0 Å². The molecule has 0 aliphatic carbocycles. The van der Waals surface area contributed by atoms with Gasteiger partial charge in [0.25, 0.3) is 0 Å². The number of hydrogen-bond acceptors (Lipinski definition) is 5. The van der Waals surface area contributed by atoms with Gasteiger partial charge in [0.2, 0.25) is 15.9 Å². The number of amides is 1. The lowest BCUT2D eigenvalue weighted by Crippen LogP contribution is -2.23. The zero-order valence-electron chi connectivity index (χ0n) is 15.0. The summed E-state index contributed by atoms with van der Waals surface area (Å²) in [4.78, 5) is 12.2. The summed E-state index contributed by atoms with van der Waals surface area (Å²) < 4.78 is 30.8. The summed E-state index contributed by atoms with van der Waals surface area (Å²) in [6.07, 6.45) is 0. The Morgan fingerprint density at radius 3 is 2.38 bits per heavy atom. The fourth-order valence-electron chi connectivity index (χ4n) is 2.17. The average Bonchev–Trinajstić information content (AvgIpc) is 2.61. The molecule has 140 valence electrons. The number of rotatable bonds is 8. The minimum Gasteiger partial charge on any atom is -0.494 e. The number of nitrogens with one attached hydrogen (secondary N) is 2. The van der Waals surface area contributed by atoms with Crippen LogP contribution in [0, 0.1) is 0 Å². The van der Waals surface area contributed by atoms with E-state index in [0.717, 1.165) is 15.7 Å². The van der Waals surface area contributed by atoms with Crippen LogP contribution in [0.3, 0.4) is 0 Å². The predicted octanol–water partition coefficient (Wildman–Crippen LogP) is 2.39. The topological polar surface area (TPSA) is 87.7 Å². The van der Waals surface area contributed by atoms with Gasteiger partial charge in [0, 0.05) is 25.5 Å². The van der Waals surface area contributed by atoms with Crippen molar-refractivity contribution in [2.24, 2.45) is 0 Å². The van der Waals surface area contributed by atoms with Crippen LogP contribution in [0.4, 0.5) is 11.4 Å². The Hall–Kier alpha value is -2.58. The van der Waals surface area contributed by atoms with Crippen LogP contribution >= 0.6 is 0 Å². The van der Waals surface area contributed by atoms with Crippen LogP contribution in [0.5, 0.6) is 5.75 Å². The van der Waals surface area contributed by atoms with Crippen molar-refractivity contribution >= 4 is 27.3 Å². The van der Waals surface area contributed by atoms with Gasteiger partial charge in [-0.3, -0.25) is 4.79 Å². The molecule has 7 nitrogen and oxygen atoms in total. The number of sulfonamides is 1. The molecule has 0 saturated carbocycles. The van der Waals surface area contributed by atoms with Gasteiger partial charge in [0.1, 0.15) is 5.75 Å². The second-order valence-electron chi connectivity index (χ2n) is 5.67. The zero-order chi connectivity index (χ0) is 19.2. The molecule has 0 fully saturated rings. The summed E-state index contributed by atoms with van der Waals surface area (Å²) in [7, 11) is -0.626. The summed E-state index contributed by atoms with van der Waals surface area (Å²) in [5.41, 5.74) is 1.21. The first-order valence-corrected chi connectivity index (χ1v) is 9.56. The molecule has 0 aliphatic heterocycles. The number of hydrogen-bond donors (Lipinski definition) is 2. The number of nitrogens with zero attached hydrogens (tertiary/aromatic N) is 1. The first-order valence-electron chi connectivity index (χ1n) is 8.12. The molecule has 0 aliphatic rings. The van der Waals surface area contributed by atoms with Gasteiger partial charge in [0.05, 0.1) is 18.0 Å². The molecule has 1 amide bonds. The molecule has 0 bridgehead atoms. The van der Waals surface area contributed by atoms with Gasteiger partial charge in [-0.1, -0.05) is 6.07 Å². The van der Waals surface area contributed by atoms with Gasteiger partial charge in [0.15, 0.2) is 0 Å². The van der Waals surface area contributed by atoms with E-state index in [1.54, 1.807) is 12.1 Å². The lowest BCUT2D eigenvalue weighted by atomic mass is 10.3. The third-order valence-corrected chi connectivity index (χ3v) is 5.33. The predicted molar refractivity (Wildman–Crippen MR) is 102 cm³/mol. The van der Waals surface area contributed by atoms with Crippen molar-refractivity contribution < 1.29 is 17.9 Å². The Morgan fingerprint density at radius 2 is 1.77 bits per heavy atom. The molecule has 0 unspecified atom stereocenters. The second-order valence-corrected chi connectivity index (χ2v) is 7.83. The smallest absolute Gasteiger partial charge is 0.243 e. The molecular weight excluding hydrogens is 354 g/mol. The summed E-state index contributed by atoms with van der Waals surface area (Å²) in [6.45, 7) is 2.56. The molecule has 2 N–H and O–H groups in total. The molecule has 2 aromatic rings. The van der Waals surface area contributed by atoms with E-state index in [0.29, 0.717) is 12.3 Å². The van der Waals surface area contributed by atoms with E-state index in [2.05, 4.69) is 10.6 Å². The standard InChI is InChI=1S/C18H23N3O4S/c1-4-25-16-10-8-14(9-11-16)19-13-18(22)20-15-6-5-7-17(12-15)26(23,24)21(2)3/h5-12,19H,4,13H2,1-3H3,(H,20,22). The largest absolute Gasteiger partial charge is 0.494 e.